The highest BCUT2D eigenvalue weighted by Crippen LogP contribution is 2.74. The van der Waals surface area contributed by atoms with Crippen LogP contribution >= 0.6 is 0 Å². The van der Waals surface area contributed by atoms with E-state index in [9.17, 15) is 45.6 Å². The van der Waals surface area contributed by atoms with E-state index in [2.05, 4.69) is 53.7 Å². The predicted octanol–water partition coefficient (Wildman–Crippen LogP) is 2.13. The summed E-state index contributed by atoms with van der Waals surface area (Å²) in [5.41, 5.74) is 1.40. The Balaban J connectivity index is 1.03. The third-order valence-corrected chi connectivity index (χ3v) is 15.9. The number of aliphatic hydroxyl groups excluding tert-OH is 8. The van der Waals surface area contributed by atoms with Crippen LogP contribution in [0.1, 0.15) is 99.8 Å². The van der Waals surface area contributed by atoms with Crippen LogP contribution in [0.3, 0.4) is 0 Å². The van der Waals surface area contributed by atoms with Crippen molar-refractivity contribution in [3.8, 4) is 0 Å². The van der Waals surface area contributed by atoms with Crippen LogP contribution < -0.4 is 0 Å². The van der Waals surface area contributed by atoms with Crippen molar-refractivity contribution in [3.05, 3.63) is 23.3 Å². The lowest BCUT2D eigenvalue weighted by Crippen LogP contribution is -2.63. The number of rotatable bonds is 11. The second-order valence-corrected chi connectivity index (χ2v) is 19.1. The SMILES string of the molecule is C/C(=C\CC[C@@H](C)[C@H]1CC[C@@]2(C)[C@@H]3CC=C4[C@@H](CC[C@H](O)C4(C)C)[C@]3(C)C(=O)C[C@]12C)CO[C@@H]1O[C@H](CO[C@@H]2O[C@H](CO)[C@@H](O)[C@H](O)[C@H]2O)[C@@H](O)[C@H](O)[C@H]1O. The Morgan fingerprint density at radius 2 is 1.47 bits per heavy atom. The maximum absolute atomic E-state index is 14.5. The Bertz CT molecular complexity index is 1450. The molecule has 0 spiro atoms. The summed E-state index contributed by atoms with van der Waals surface area (Å²) >= 11 is 0. The number of ketones is 1. The number of fused-ring (bicyclic) bond motifs is 5. The molecular formula is C42H68O13. The molecule has 5 fully saturated rings. The van der Waals surface area contributed by atoms with Gasteiger partial charge in [-0.1, -0.05) is 64.8 Å². The molecule has 0 aromatic rings. The molecule has 13 heteroatoms. The summed E-state index contributed by atoms with van der Waals surface area (Å²) in [5.74, 6) is 1.66. The quantitative estimate of drug-likeness (QED) is 0.141. The van der Waals surface area contributed by atoms with Crippen molar-refractivity contribution in [1.82, 2.24) is 0 Å². The number of hydrogen-bond donors (Lipinski definition) is 8. The van der Waals surface area contributed by atoms with E-state index < -0.39 is 80.0 Å². The zero-order valence-corrected chi connectivity index (χ0v) is 33.7. The highest BCUT2D eigenvalue weighted by molar-refractivity contribution is 5.88. The highest BCUT2D eigenvalue weighted by Gasteiger charge is 2.70. The Morgan fingerprint density at radius 1 is 0.855 bits per heavy atom. The third-order valence-electron chi connectivity index (χ3n) is 15.9. The van der Waals surface area contributed by atoms with E-state index in [0.717, 1.165) is 50.5 Å². The van der Waals surface area contributed by atoms with Gasteiger partial charge in [0.25, 0.3) is 0 Å². The minimum atomic E-state index is -1.65. The number of aliphatic hydroxyl groups is 8. The first-order chi connectivity index (χ1) is 25.7. The van der Waals surface area contributed by atoms with Crippen LogP contribution in [0.25, 0.3) is 0 Å². The summed E-state index contributed by atoms with van der Waals surface area (Å²) in [4.78, 5) is 14.5. The van der Waals surface area contributed by atoms with Crippen LogP contribution in [0.15, 0.2) is 23.3 Å². The van der Waals surface area contributed by atoms with Gasteiger partial charge in [-0.2, -0.15) is 0 Å². The first-order valence-electron chi connectivity index (χ1n) is 20.5. The van der Waals surface area contributed by atoms with Crippen LogP contribution in [0, 0.1) is 45.3 Å². The summed E-state index contributed by atoms with van der Waals surface area (Å²) in [5, 5.41) is 82.4. The lowest BCUT2D eigenvalue weighted by Gasteiger charge is -2.64. The molecule has 3 saturated carbocycles. The van der Waals surface area contributed by atoms with E-state index in [-0.39, 0.29) is 40.8 Å². The van der Waals surface area contributed by atoms with Gasteiger partial charge in [-0.25, -0.2) is 0 Å². The van der Waals surface area contributed by atoms with Crippen LogP contribution in [0.5, 0.6) is 0 Å². The van der Waals surface area contributed by atoms with E-state index in [1.54, 1.807) is 0 Å². The average Bonchev–Trinajstić information content (AvgIpc) is 3.41. The lowest BCUT2D eigenvalue weighted by atomic mass is 9.38. The zero-order chi connectivity index (χ0) is 40.4. The summed E-state index contributed by atoms with van der Waals surface area (Å²) in [6, 6.07) is 0. The standard InChI is InChI=1S/C42H68O13/c1-21(19-52-37-36(51)34(49)32(47)27(55-37)20-53-38-35(50)33(48)31(46)26(18-43)54-38)9-8-10-22(2)23-15-16-40(5)28-13-11-24-25(12-14-29(44)39(24,3)4)42(28,7)30(45)17-41(23,40)6/h9,11,22-23,25-29,31-38,43-44,46-51H,8,10,12-20H2,1-7H3/b21-9+/t22-,23-,25-,26-,27-,28+,29+,31-,32-,33+,34+,35-,36-,37-,38-,40+,41-,42+/m1/s1. The molecule has 2 heterocycles. The molecule has 6 rings (SSSR count). The fourth-order valence-electron chi connectivity index (χ4n) is 12.0. The van der Waals surface area contributed by atoms with Gasteiger partial charge in [0, 0.05) is 17.3 Å². The number of allylic oxidation sites excluding steroid dienone is 2. The highest BCUT2D eigenvalue weighted by atomic mass is 16.7. The Morgan fingerprint density at radius 3 is 2.13 bits per heavy atom. The smallest absolute Gasteiger partial charge is 0.187 e. The van der Waals surface area contributed by atoms with Crippen molar-refractivity contribution in [2.75, 3.05) is 19.8 Å². The summed E-state index contributed by atoms with van der Waals surface area (Å²) in [6.07, 6.45) is -3.58. The molecule has 8 N–H and O–H groups in total. The van der Waals surface area contributed by atoms with Crippen LogP contribution in [0.2, 0.25) is 0 Å². The van der Waals surface area contributed by atoms with Gasteiger partial charge < -0.3 is 59.8 Å². The molecule has 0 bridgehead atoms. The summed E-state index contributed by atoms with van der Waals surface area (Å²) < 4.78 is 22.5. The number of hydrogen-bond acceptors (Lipinski definition) is 13. The molecule has 55 heavy (non-hydrogen) atoms. The van der Waals surface area contributed by atoms with Crippen molar-refractivity contribution in [1.29, 1.82) is 0 Å². The Labute approximate surface area is 325 Å². The van der Waals surface area contributed by atoms with Crippen LogP contribution in [0.4, 0.5) is 0 Å². The van der Waals surface area contributed by atoms with Gasteiger partial charge in [-0.15, -0.1) is 0 Å². The summed E-state index contributed by atoms with van der Waals surface area (Å²) in [7, 11) is 0. The van der Waals surface area contributed by atoms with Gasteiger partial charge in [-0.3, -0.25) is 4.79 Å². The molecule has 4 aliphatic carbocycles. The van der Waals surface area contributed by atoms with Crippen molar-refractivity contribution in [2.45, 2.75) is 167 Å². The first kappa shape index (κ1) is 43.3. The molecule has 314 valence electrons. The van der Waals surface area contributed by atoms with Crippen molar-refractivity contribution < 1.29 is 64.6 Å². The fourth-order valence-corrected chi connectivity index (χ4v) is 12.0. The Hall–Kier alpha value is -1.33. The van der Waals surface area contributed by atoms with E-state index in [1.165, 1.54) is 5.57 Å². The molecular weight excluding hydrogens is 712 g/mol. The zero-order valence-electron chi connectivity index (χ0n) is 33.7. The number of carbonyl (C=O) groups excluding carboxylic acids is 1. The molecule has 18 atom stereocenters. The van der Waals surface area contributed by atoms with Gasteiger partial charge in [0.05, 0.1) is 25.9 Å². The molecule has 0 amide bonds. The number of ether oxygens (including phenoxy) is 4. The third kappa shape index (κ3) is 7.24. The maximum atomic E-state index is 14.5. The van der Waals surface area contributed by atoms with Crippen molar-refractivity contribution in [2.24, 2.45) is 45.3 Å². The number of Topliss-reactive ketones (excluding diaryl/α,β-unsaturated/α-hetero) is 1. The second kappa shape index (κ2) is 16.0. The van der Waals surface area contributed by atoms with Gasteiger partial charge in [0.1, 0.15) is 54.6 Å². The van der Waals surface area contributed by atoms with E-state index in [1.807, 2.05) is 6.92 Å². The lowest BCUT2D eigenvalue weighted by molar-refractivity contribution is -0.330. The molecule has 0 aromatic heterocycles. The normalized spacial score (nSPS) is 49.1. The van der Waals surface area contributed by atoms with E-state index in [0.29, 0.717) is 24.0 Å². The maximum Gasteiger partial charge on any atom is 0.187 e. The van der Waals surface area contributed by atoms with E-state index >= 15 is 0 Å². The average molecular weight is 781 g/mol. The molecule has 2 aliphatic heterocycles. The monoisotopic (exact) mass is 780 g/mol. The Kier molecular flexibility index (Phi) is 12.6. The van der Waals surface area contributed by atoms with E-state index in [4.69, 9.17) is 18.9 Å². The molecule has 0 aromatic carbocycles. The molecule has 2 saturated heterocycles. The van der Waals surface area contributed by atoms with Crippen LogP contribution in [-0.4, -0.2) is 134 Å². The largest absolute Gasteiger partial charge is 0.394 e. The van der Waals surface area contributed by atoms with Gasteiger partial charge in [-0.05, 0) is 86.4 Å². The van der Waals surface area contributed by atoms with Crippen molar-refractivity contribution in [3.63, 3.8) is 0 Å². The fraction of sp³-hybridized carbons (Fsp3) is 0.881. The minimum absolute atomic E-state index is 0.0348. The second-order valence-electron chi connectivity index (χ2n) is 19.1. The van der Waals surface area contributed by atoms with Gasteiger partial charge in [0.15, 0.2) is 12.6 Å². The topological polar surface area (TPSA) is 216 Å². The summed E-state index contributed by atoms with van der Waals surface area (Å²) in [6.45, 7) is 14.6. The van der Waals surface area contributed by atoms with Crippen LogP contribution in [-0.2, 0) is 23.7 Å². The molecule has 13 nitrogen and oxygen atoms in total. The molecule has 0 unspecified atom stereocenters. The van der Waals surface area contributed by atoms with Gasteiger partial charge >= 0.3 is 0 Å². The first-order valence-corrected chi connectivity index (χ1v) is 20.5. The number of carbonyl (C=O) groups is 1. The molecule has 0 radical (unpaired) electrons. The molecule has 6 aliphatic rings. The predicted molar refractivity (Wildman–Crippen MR) is 200 cm³/mol. The minimum Gasteiger partial charge on any atom is -0.394 e. The van der Waals surface area contributed by atoms with Gasteiger partial charge in [0.2, 0.25) is 0 Å². The van der Waals surface area contributed by atoms with Crippen molar-refractivity contribution >= 4 is 5.78 Å².